The molecule has 0 aliphatic carbocycles. The van der Waals surface area contributed by atoms with E-state index in [1.807, 2.05) is 30.3 Å². The summed E-state index contributed by atoms with van der Waals surface area (Å²) in [6.07, 6.45) is 0. The first-order chi connectivity index (χ1) is 11.6. The highest BCUT2D eigenvalue weighted by Crippen LogP contribution is 2.30. The largest absolute Gasteiger partial charge is 0.499 e. The Morgan fingerprint density at radius 2 is 1.92 bits per heavy atom. The van der Waals surface area contributed by atoms with Gasteiger partial charge in [-0.15, -0.1) is 0 Å². The third kappa shape index (κ3) is 3.09. The molecule has 0 radical (unpaired) electrons. The molecule has 0 amide bonds. The van der Waals surface area contributed by atoms with Gasteiger partial charge in [0.15, 0.2) is 10.6 Å². The quantitative estimate of drug-likeness (QED) is 0.736. The standard InChI is InChI=1S/C18H14O5S/c1-22-17(20)15-16(19)13-9-12(7-8-14(13)24-18(15)21)23-10-11-5-3-2-4-6-11/h2-9,21H,10H2,1H3. The van der Waals surface area contributed by atoms with Crippen LogP contribution >= 0.6 is 11.3 Å². The Hall–Kier alpha value is -2.86. The first-order valence-corrected chi connectivity index (χ1v) is 7.96. The molecule has 0 saturated carbocycles. The highest BCUT2D eigenvalue weighted by molar-refractivity contribution is 7.20. The number of hydrogen-bond acceptors (Lipinski definition) is 6. The van der Waals surface area contributed by atoms with Gasteiger partial charge in [0.25, 0.3) is 0 Å². The zero-order valence-electron chi connectivity index (χ0n) is 12.8. The normalized spacial score (nSPS) is 10.5. The molecule has 6 heteroatoms. The fourth-order valence-corrected chi connectivity index (χ4v) is 3.16. The summed E-state index contributed by atoms with van der Waals surface area (Å²) in [4.78, 5) is 24.2. The number of carbonyl (C=O) groups is 1. The average molecular weight is 342 g/mol. The molecule has 0 saturated heterocycles. The summed E-state index contributed by atoms with van der Waals surface area (Å²) in [7, 11) is 1.16. The number of fused-ring (bicyclic) bond motifs is 1. The van der Waals surface area contributed by atoms with E-state index in [0.29, 0.717) is 22.4 Å². The van der Waals surface area contributed by atoms with Gasteiger partial charge in [-0.25, -0.2) is 4.79 Å². The summed E-state index contributed by atoms with van der Waals surface area (Å²) < 4.78 is 10.8. The minimum Gasteiger partial charge on any atom is -0.499 e. The van der Waals surface area contributed by atoms with Crippen LogP contribution in [0, 0.1) is 0 Å². The Balaban J connectivity index is 1.98. The van der Waals surface area contributed by atoms with Gasteiger partial charge < -0.3 is 14.6 Å². The number of rotatable bonds is 4. The molecule has 0 aliphatic heterocycles. The Morgan fingerprint density at radius 3 is 2.62 bits per heavy atom. The Labute approximate surface area is 141 Å². The molecular weight excluding hydrogens is 328 g/mol. The second kappa shape index (κ2) is 6.72. The minimum absolute atomic E-state index is 0.309. The van der Waals surface area contributed by atoms with Gasteiger partial charge in [-0.1, -0.05) is 41.7 Å². The number of aromatic hydroxyl groups is 1. The van der Waals surface area contributed by atoms with Crippen molar-refractivity contribution in [2.75, 3.05) is 7.11 Å². The van der Waals surface area contributed by atoms with E-state index in [2.05, 4.69) is 4.74 Å². The molecule has 0 fully saturated rings. The summed E-state index contributed by atoms with van der Waals surface area (Å²) in [5, 5.41) is 9.86. The van der Waals surface area contributed by atoms with Crippen molar-refractivity contribution in [3.8, 4) is 10.8 Å². The lowest BCUT2D eigenvalue weighted by Crippen LogP contribution is -2.16. The van der Waals surface area contributed by atoms with E-state index in [1.54, 1.807) is 18.2 Å². The lowest BCUT2D eigenvalue weighted by Gasteiger charge is -2.08. The summed E-state index contributed by atoms with van der Waals surface area (Å²) in [6, 6.07) is 14.6. The minimum atomic E-state index is -0.855. The van der Waals surface area contributed by atoms with E-state index in [0.717, 1.165) is 24.0 Å². The fraction of sp³-hybridized carbons (Fsp3) is 0.111. The molecule has 24 heavy (non-hydrogen) atoms. The van der Waals surface area contributed by atoms with E-state index in [1.165, 1.54) is 0 Å². The van der Waals surface area contributed by atoms with Crippen LogP contribution in [0.2, 0.25) is 0 Å². The van der Waals surface area contributed by atoms with Crippen molar-refractivity contribution in [2.45, 2.75) is 6.61 Å². The summed E-state index contributed by atoms with van der Waals surface area (Å²) in [5.41, 5.74) is 0.0807. The molecule has 5 nitrogen and oxygen atoms in total. The van der Waals surface area contributed by atoms with Gasteiger partial charge in [0, 0.05) is 10.1 Å². The van der Waals surface area contributed by atoms with Gasteiger partial charge in [-0.2, -0.15) is 0 Å². The molecule has 3 rings (SSSR count). The maximum absolute atomic E-state index is 12.5. The van der Waals surface area contributed by atoms with Gasteiger partial charge in [-0.05, 0) is 23.8 Å². The highest BCUT2D eigenvalue weighted by atomic mass is 32.1. The lowest BCUT2D eigenvalue weighted by atomic mass is 10.2. The molecule has 3 aromatic rings. The van der Waals surface area contributed by atoms with Crippen LogP contribution in [0.25, 0.3) is 10.1 Å². The molecule has 2 aromatic carbocycles. The first-order valence-electron chi connectivity index (χ1n) is 7.15. The first kappa shape index (κ1) is 16.0. The maximum Gasteiger partial charge on any atom is 0.346 e. The van der Waals surface area contributed by atoms with Crippen LogP contribution < -0.4 is 10.2 Å². The Kier molecular flexibility index (Phi) is 4.48. The van der Waals surface area contributed by atoms with Crippen LogP contribution in [-0.2, 0) is 11.3 Å². The van der Waals surface area contributed by atoms with Crippen molar-refractivity contribution in [1.82, 2.24) is 0 Å². The van der Waals surface area contributed by atoms with Crippen molar-refractivity contribution in [3.05, 3.63) is 69.9 Å². The van der Waals surface area contributed by atoms with Crippen LogP contribution in [0.1, 0.15) is 15.9 Å². The molecule has 1 aromatic heterocycles. The van der Waals surface area contributed by atoms with Crippen molar-refractivity contribution in [1.29, 1.82) is 0 Å². The third-order valence-electron chi connectivity index (χ3n) is 3.48. The van der Waals surface area contributed by atoms with E-state index < -0.39 is 11.4 Å². The van der Waals surface area contributed by atoms with Crippen LogP contribution in [0.5, 0.6) is 10.8 Å². The monoisotopic (exact) mass is 342 g/mol. The molecular formula is C18H14O5S. The molecule has 0 bridgehead atoms. The maximum atomic E-state index is 12.5. The number of benzene rings is 2. The van der Waals surface area contributed by atoms with Gasteiger partial charge in [0.1, 0.15) is 12.4 Å². The second-order valence-electron chi connectivity index (χ2n) is 5.04. The molecule has 0 spiro atoms. The predicted octanol–water partition coefficient (Wildman–Crippen LogP) is 3.33. The number of methoxy groups -OCH3 is 1. The van der Waals surface area contributed by atoms with Gasteiger partial charge in [0.05, 0.1) is 7.11 Å². The van der Waals surface area contributed by atoms with Crippen LogP contribution in [-0.4, -0.2) is 18.2 Å². The van der Waals surface area contributed by atoms with Gasteiger partial charge >= 0.3 is 5.97 Å². The summed E-state index contributed by atoms with van der Waals surface area (Å²) >= 11 is 0.949. The summed E-state index contributed by atoms with van der Waals surface area (Å²) in [6.45, 7) is 0.367. The van der Waals surface area contributed by atoms with Crippen molar-refractivity contribution in [2.24, 2.45) is 0 Å². The Bertz CT molecular complexity index is 947. The fourth-order valence-electron chi connectivity index (χ4n) is 2.28. The zero-order valence-corrected chi connectivity index (χ0v) is 13.6. The predicted molar refractivity (Wildman–Crippen MR) is 91.9 cm³/mol. The van der Waals surface area contributed by atoms with Crippen LogP contribution in [0.4, 0.5) is 0 Å². The second-order valence-corrected chi connectivity index (χ2v) is 6.07. The number of esters is 1. The third-order valence-corrected chi connectivity index (χ3v) is 4.45. The zero-order chi connectivity index (χ0) is 17.1. The van der Waals surface area contributed by atoms with Gasteiger partial charge in [-0.3, -0.25) is 4.79 Å². The number of ether oxygens (including phenoxy) is 2. The average Bonchev–Trinajstić information content (AvgIpc) is 2.61. The molecule has 0 aliphatic rings. The van der Waals surface area contributed by atoms with Crippen molar-refractivity contribution in [3.63, 3.8) is 0 Å². The molecule has 1 N–H and O–H groups in total. The van der Waals surface area contributed by atoms with Crippen LogP contribution in [0.3, 0.4) is 0 Å². The number of carbonyl (C=O) groups excluding carboxylic acids is 1. The van der Waals surface area contributed by atoms with E-state index in [-0.39, 0.29) is 10.6 Å². The van der Waals surface area contributed by atoms with E-state index in [9.17, 15) is 14.7 Å². The Morgan fingerprint density at radius 1 is 1.17 bits per heavy atom. The van der Waals surface area contributed by atoms with Crippen molar-refractivity contribution < 1.29 is 19.4 Å². The number of hydrogen-bond donors (Lipinski definition) is 1. The van der Waals surface area contributed by atoms with Crippen LogP contribution in [0.15, 0.2) is 53.3 Å². The van der Waals surface area contributed by atoms with E-state index in [4.69, 9.17) is 4.74 Å². The molecule has 122 valence electrons. The topological polar surface area (TPSA) is 72.8 Å². The SMILES string of the molecule is COC(=O)c1c(O)sc2ccc(OCc3ccccc3)cc2c1=O. The van der Waals surface area contributed by atoms with Crippen molar-refractivity contribution >= 4 is 27.4 Å². The smallest absolute Gasteiger partial charge is 0.346 e. The lowest BCUT2D eigenvalue weighted by molar-refractivity contribution is 0.0597. The highest BCUT2D eigenvalue weighted by Gasteiger charge is 2.20. The van der Waals surface area contributed by atoms with Gasteiger partial charge in [0.2, 0.25) is 5.43 Å². The molecule has 0 atom stereocenters. The summed E-state index contributed by atoms with van der Waals surface area (Å²) in [5.74, 6) is -0.344. The molecule has 0 unspecified atom stereocenters. The molecule has 1 heterocycles. The van der Waals surface area contributed by atoms with E-state index >= 15 is 0 Å².